The van der Waals surface area contributed by atoms with Gasteiger partial charge in [0.05, 0.1) is 24.7 Å². The summed E-state index contributed by atoms with van der Waals surface area (Å²) in [5.74, 6) is 0.533. The number of hydrogen-bond donors (Lipinski definition) is 1. The molecule has 0 spiro atoms. The van der Waals surface area contributed by atoms with Crippen molar-refractivity contribution in [3.8, 4) is 5.69 Å². The van der Waals surface area contributed by atoms with Gasteiger partial charge in [0.2, 0.25) is 11.9 Å². The van der Waals surface area contributed by atoms with Crippen LogP contribution in [0.2, 0.25) is 0 Å². The van der Waals surface area contributed by atoms with Crippen molar-refractivity contribution in [3.05, 3.63) is 66.0 Å². The maximum absolute atomic E-state index is 13.0. The number of morpholine rings is 1. The number of carbonyl (C=O) groups excluding carboxylic acids is 1. The number of nitrogens with zero attached hydrogens (tertiary/aromatic N) is 4. The van der Waals surface area contributed by atoms with Gasteiger partial charge in [0.15, 0.2) is 5.16 Å². The number of hydrogen-bond acceptors (Lipinski definition) is 6. The first-order valence-electron chi connectivity index (χ1n) is 9.68. The lowest BCUT2D eigenvalue weighted by molar-refractivity contribution is -0.118. The molecule has 7 nitrogen and oxygen atoms in total. The molecular formula is C21H22FN5O2S. The van der Waals surface area contributed by atoms with Crippen LogP contribution in [0.15, 0.2) is 59.8 Å². The Kier molecular flexibility index (Phi) is 6.60. The quantitative estimate of drug-likeness (QED) is 0.585. The summed E-state index contributed by atoms with van der Waals surface area (Å²) in [6.45, 7) is 3.14. The van der Waals surface area contributed by atoms with E-state index in [0.717, 1.165) is 30.3 Å². The summed E-state index contributed by atoms with van der Waals surface area (Å²) in [5, 5.41) is 12.2. The normalized spacial score (nSPS) is 14.0. The molecule has 0 saturated carbocycles. The number of amides is 1. The second kappa shape index (κ2) is 9.73. The summed E-state index contributed by atoms with van der Waals surface area (Å²) in [4.78, 5) is 14.5. The molecule has 1 aliphatic rings. The van der Waals surface area contributed by atoms with Crippen molar-refractivity contribution < 1.29 is 13.9 Å². The molecule has 2 aromatic carbocycles. The highest BCUT2D eigenvalue weighted by atomic mass is 32.2. The van der Waals surface area contributed by atoms with Crippen LogP contribution in [-0.2, 0) is 16.1 Å². The van der Waals surface area contributed by atoms with Crippen molar-refractivity contribution in [3.63, 3.8) is 0 Å². The first-order chi connectivity index (χ1) is 14.7. The zero-order chi connectivity index (χ0) is 20.8. The maximum Gasteiger partial charge on any atom is 0.232 e. The number of benzene rings is 2. The molecule has 30 heavy (non-hydrogen) atoms. The Labute approximate surface area is 178 Å². The molecule has 0 radical (unpaired) electrons. The van der Waals surface area contributed by atoms with Gasteiger partial charge in [-0.15, -0.1) is 10.2 Å². The highest BCUT2D eigenvalue weighted by molar-refractivity contribution is 7.99. The molecule has 1 aliphatic heterocycles. The standard InChI is InChI=1S/C21H22FN5O2S/c22-17-8-6-16(7-9-17)14-23-19(28)15-30-21-25-24-20(26-10-12-29-13-11-26)27(21)18-4-2-1-3-5-18/h1-9H,10-15H2,(H,23,28). The summed E-state index contributed by atoms with van der Waals surface area (Å²) < 4.78 is 20.4. The third kappa shape index (κ3) is 4.98. The van der Waals surface area contributed by atoms with Gasteiger partial charge in [0, 0.05) is 19.6 Å². The van der Waals surface area contributed by atoms with E-state index in [2.05, 4.69) is 20.4 Å². The predicted molar refractivity (Wildman–Crippen MR) is 113 cm³/mol. The Balaban J connectivity index is 1.44. The van der Waals surface area contributed by atoms with Crippen LogP contribution >= 0.6 is 11.8 Å². The molecule has 3 aromatic rings. The summed E-state index contributed by atoms with van der Waals surface area (Å²) in [6, 6.07) is 15.9. The van der Waals surface area contributed by atoms with E-state index in [1.165, 1.54) is 23.9 Å². The fraction of sp³-hybridized carbons (Fsp3) is 0.286. The number of carbonyl (C=O) groups is 1. The van der Waals surface area contributed by atoms with Gasteiger partial charge in [0.1, 0.15) is 5.82 Å². The molecule has 4 rings (SSSR count). The monoisotopic (exact) mass is 427 g/mol. The third-order valence-corrected chi connectivity index (χ3v) is 5.59. The zero-order valence-electron chi connectivity index (χ0n) is 16.3. The molecule has 1 saturated heterocycles. The van der Waals surface area contributed by atoms with Gasteiger partial charge >= 0.3 is 0 Å². The van der Waals surface area contributed by atoms with Crippen molar-refractivity contribution in [2.75, 3.05) is 37.0 Å². The predicted octanol–water partition coefficient (Wildman–Crippen LogP) is 2.65. The highest BCUT2D eigenvalue weighted by Gasteiger charge is 2.22. The summed E-state index contributed by atoms with van der Waals surface area (Å²) in [7, 11) is 0. The Morgan fingerprint density at radius 2 is 1.80 bits per heavy atom. The average molecular weight is 428 g/mol. The van der Waals surface area contributed by atoms with Crippen LogP contribution in [0.3, 0.4) is 0 Å². The fourth-order valence-corrected chi connectivity index (χ4v) is 3.89. The molecule has 156 valence electrons. The molecule has 0 bridgehead atoms. The van der Waals surface area contributed by atoms with Crippen LogP contribution < -0.4 is 10.2 Å². The number of halogens is 1. The molecule has 1 amide bonds. The zero-order valence-corrected chi connectivity index (χ0v) is 17.1. The Morgan fingerprint density at radius 1 is 1.07 bits per heavy atom. The van der Waals surface area contributed by atoms with E-state index in [1.807, 2.05) is 34.9 Å². The molecule has 0 atom stereocenters. The van der Waals surface area contributed by atoms with Crippen LogP contribution in [0, 0.1) is 5.82 Å². The van der Waals surface area contributed by atoms with Gasteiger partial charge in [-0.2, -0.15) is 0 Å². The molecule has 0 aliphatic carbocycles. The van der Waals surface area contributed by atoms with Gasteiger partial charge in [0.25, 0.3) is 0 Å². The number of para-hydroxylation sites is 1. The van der Waals surface area contributed by atoms with Gasteiger partial charge in [-0.25, -0.2) is 4.39 Å². The lowest BCUT2D eigenvalue weighted by Crippen LogP contribution is -2.37. The van der Waals surface area contributed by atoms with Gasteiger partial charge < -0.3 is 15.0 Å². The first-order valence-corrected chi connectivity index (χ1v) is 10.7. The molecular weight excluding hydrogens is 405 g/mol. The SMILES string of the molecule is O=C(CSc1nnc(N2CCOCC2)n1-c1ccccc1)NCc1ccc(F)cc1. The smallest absolute Gasteiger partial charge is 0.232 e. The lowest BCUT2D eigenvalue weighted by Gasteiger charge is -2.27. The number of nitrogens with one attached hydrogen (secondary N) is 1. The summed E-state index contributed by atoms with van der Waals surface area (Å²) >= 11 is 1.33. The van der Waals surface area contributed by atoms with Crippen LogP contribution in [0.4, 0.5) is 10.3 Å². The number of rotatable bonds is 7. The lowest BCUT2D eigenvalue weighted by atomic mass is 10.2. The fourth-order valence-electron chi connectivity index (χ4n) is 3.11. The maximum atomic E-state index is 13.0. The molecule has 2 heterocycles. The number of aromatic nitrogens is 3. The van der Waals surface area contributed by atoms with E-state index in [4.69, 9.17) is 4.74 Å². The van der Waals surface area contributed by atoms with Crippen molar-refractivity contribution in [2.24, 2.45) is 0 Å². The number of ether oxygens (including phenoxy) is 1. The first kappa shape index (κ1) is 20.4. The van der Waals surface area contributed by atoms with E-state index in [0.29, 0.717) is 24.9 Å². The van der Waals surface area contributed by atoms with E-state index in [1.54, 1.807) is 12.1 Å². The third-order valence-electron chi connectivity index (χ3n) is 4.66. The van der Waals surface area contributed by atoms with E-state index in [-0.39, 0.29) is 17.5 Å². The topological polar surface area (TPSA) is 72.3 Å². The second-order valence-corrected chi connectivity index (χ2v) is 7.69. The molecule has 1 aromatic heterocycles. The van der Waals surface area contributed by atoms with Crippen molar-refractivity contribution in [2.45, 2.75) is 11.7 Å². The van der Waals surface area contributed by atoms with E-state index >= 15 is 0 Å². The van der Waals surface area contributed by atoms with E-state index in [9.17, 15) is 9.18 Å². The van der Waals surface area contributed by atoms with Crippen LogP contribution in [0.25, 0.3) is 5.69 Å². The van der Waals surface area contributed by atoms with Crippen molar-refractivity contribution >= 4 is 23.6 Å². The number of thioether (sulfide) groups is 1. The summed E-state index contributed by atoms with van der Waals surface area (Å²) in [5.41, 5.74) is 1.79. The van der Waals surface area contributed by atoms with Crippen LogP contribution in [0.5, 0.6) is 0 Å². The van der Waals surface area contributed by atoms with Gasteiger partial charge in [-0.05, 0) is 29.8 Å². The number of anilines is 1. The van der Waals surface area contributed by atoms with E-state index < -0.39 is 0 Å². The second-order valence-electron chi connectivity index (χ2n) is 6.74. The van der Waals surface area contributed by atoms with Crippen molar-refractivity contribution in [1.82, 2.24) is 20.1 Å². The van der Waals surface area contributed by atoms with Crippen LogP contribution in [0.1, 0.15) is 5.56 Å². The molecule has 1 fully saturated rings. The molecule has 9 heteroatoms. The minimum Gasteiger partial charge on any atom is -0.378 e. The Morgan fingerprint density at radius 3 is 2.53 bits per heavy atom. The Bertz CT molecular complexity index is 975. The minimum atomic E-state index is -0.294. The van der Waals surface area contributed by atoms with Crippen molar-refractivity contribution in [1.29, 1.82) is 0 Å². The Hall–Kier alpha value is -2.91. The molecule has 0 unspecified atom stereocenters. The summed E-state index contributed by atoms with van der Waals surface area (Å²) in [6.07, 6.45) is 0. The van der Waals surface area contributed by atoms with Gasteiger partial charge in [-0.3, -0.25) is 9.36 Å². The van der Waals surface area contributed by atoms with Crippen LogP contribution in [-0.4, -0.2) is 52.7 Å². The highest BCUT2D eigenvalue weighted by Crippen LogP contribution is 2.27. The average Bonchev–Trinajstić information content (AvgIpc) is 3.22. The minimum absolute atomic E-state index is 0.125. The van der Waals surface area contributed by atoms with Gasteiger partial charge in [-0.1, -0.05) is 42.1 Å². The molecule has 1 N–H and O–H groups in total. The largest absolute Gasteiger partial charge is 0.378 e.